The minimum atomic E-state index is -8.98. The molecule has 2 nitrogen and oxygen atoms in total. The molecule has 0 spiro atoms. The minimum Gasteiger partial charge on any atom is -0.393 e. The van der Waals surface area contributed by atoms with E-state index in [4.69, 9.17) is 0 Å². The van der Waals surface area contributed by atoms with Crippen molar-refractivity contribution in [1.82, 2.24) is 0 Å². The summed E-state index contributed by atoms with van der Waals surface area (Å²) in [7, 11) is 0. The maximum atomic E-state index is 13.5. The van der Waals surface area contributed by atoms with Crippen LogP contribution in [0.1, 0.15) is 6.42 Å². The Morgan fingerprint density at radius 2 is 0.917 bits per heavy atom. The molecule has 36 heavy (non-hydrogen) atoms. The number of alkyl halides is 20. The van der Waals surface area contributed by atoms with Gasteiger partial charge in [0.2, 0.25) is 0 Å². The van der Waals surface area contributed by atoms with E-state index in [9.17, 15) is 92.6 Å². The predicted octanol–water partition coefficient (Wildman–Crippen LogP) is 7.05. The molecule has 0 amide bonds. The lowest BCUT2D eigenvalue weighted by atomic mass is 9.87. The Morgan fingerprint density at radius 1 is 0.611 bits per heavy atom. The molecule has 0 aliphatic rings. The molecular weight excluding hydrogens is 580 g/mol. The van der Waals surface area contributed by atoms with Crippen molar-refractivity contribution in [2.75, 3.05) is 0 Å². The Labute approximate surface area is 183 Å². The van der Waals surface area contributed by atoms with Crippen molar-refractivity contribution in [3.63, 3.8) is 0 Å². The largest absolute Gasteiger partial charge is 0.473 e. The lowest BCUT2D eigenvalue weighted by Gasteiger charge is -2.43. The zero-order valence-corrected chi connectivity index (χ0v) is 15.9. The van der Waals surface area contributed by atoms with Crippen LogP contribution in [0.25, 0.3) is 0 Å². The van der Waals surface area contributed by atoms with Gasteiger partial charge in [-0.3, -0.25) is 0 Å². The first-order valence-corrected chi connectivity index (χ1v) is 7.92. The van der Waals surface area contributed by atoms with Gasteiger partial charge in [-0.05, 0) is 0 Å². The topological polar surface area (TPSA) is 26.3 Å². The summed E-state index contributed by atoms with van der Waals surface area (Å²) < 4.78 is 265. The summed E-state index contributed by atoms with van der Waals surface area (Å²) in [6.45, 7) is 2.23. The summed E-state index contributed by atoms with van der Waals surface area (Å²) in [5.41, 5.74) is 0. The van der Waals surface area contributed by atoms with E-state index in [-0.39, 0.29) is 0 Å². The van der Waals surface area contributed by atoms with Gasteiger partial charge in [-0.2, -0.15) is 83.4 Å². The molecule has 1 atom stereocenters. The number of rotatable bonds is 11. The zero-order valence-electron chi connectivity index (χ0n) is 15.9. The third-order valence-corrected chi connectivity index (χ3v) is 3.96. The van der Waals surface area contributed by atoms with Gasteiger partial charge < -0.3 is 4.74 Å². The molecule has 0 aromatic rings. The lowest BCUT2D eigenvalue weighted by Crippen LogP contribution is -2.75. The number of halogens is 20. The molecule has 0 bridgehead atoms. The summed E-state index contributed by atoms with van der Waals surface area (Å²) >= 11 is 0. The Kier molecular flexibility index (Phi) is 8.43. The molecule has 0 heterocycles. The highest BCUT2D eigenvalue weighted by atomic mass is 19.4. The van der Waals surface area contributed by atoms with Crippen molar-refractivity contribution >= 4 is 5.97 Å². The monoisotopic (exact) mass is 586 g/mol. The van der Waals surface area contributed by atoms with Crippen LogP contribution in [0.15, 0.2) is 12.7 Å². The highest BCUT2D eigenvalue weighted by molar-refractivity contribution is 5.81. The SMILES string of the molecule is C=CC(=O)OC(F)(F)C(F)(F)C(F)(F)C(F)(F)C(F)(F)C(F)(F)C(F)(F)C(F)(F)C(F)CC(F)(F)F. The van der Waals surface area contributed by atoms with E-state index in [0.717, 1.165) is 0 Å². The predicted molar refractivity (Wildman–Crippen MR) is 71.4 cm³/mol. The molecule has 0 aromatic carbocycles. The van der Waals surface area contributed by atoms with Crippen LogP contribution in [0.4, 0.5) is 87.8 Å². The van der Waals surface area contributed by atoms with E-state index in [2.05, 4.69) is 11.3 Å². The van der Waals surface area contributed by atoms with E-state index in [1.165, 1.54) is 0 Å². The highest BCUT2D eigenvalue weighted by Gasteiger charge is 2.96. The van der Waals surface area contributed by atoms with Crippen molar-refractivity contribution in [2.24, 2.45) is 0 Å². The normalized spacial score (nSPS) is 16.6. The third kappa shape index (κ3) is 4.86. The van der Waals surface area contributed by atoms with Gasteiger partial charge >= 0.3 is 59.7 Å². The lowest BCUT2D eigenvalue weighted by molar-refractivity contribution is -0.469. The van der Waals surface area contributed by atoms with Gasteiger partial charge in [0.15, 0.2) is 6.17 Å². The summed E-state index contributed by atoms with van der Waals surface area (Å²) in [5, 5.41) is 0. The fourth-order valence-electron chi connectivity index (χ4n) is 1.94. The molecule has 0 rings (SSSR count). The molecule has 214 valence electrons. The molecule has 0 fully saturated rings. The standard InChI is InChI=1S/C14H6F20O2/c1-2-5(35)36-14(33,34)13(31,32)12(29,30)11(27,28)10(25,26)9(23,24)8(21,22)7(19,20)4(15)3-6(16,17)18/h2,4H,1,3H2. The van der Waals surface area contributed by atoms with Crippen molar-refractivity contribution in [3.8, 4) is 0 Å². The average Bonchev–Trinajstić information content (AvgIpc) is 2.64. The molecule has 0 N–H and O–H groups in total. The summed E-state index contributed by atoms with van der Waals surface area (Å²) in [5.74, 6) is -62.8. The average molecular weight is 586 g/mol. The molecule has 0 saturated carbocycles. The number of carbonyl (C=O) groups is 1. The van der Waals surface area contributed by atoms with E-state index in [1.54, 1.807) is 0 Å². The van der Waals surface area contributed by atoms with Gasteiger partial charge in [0.1, 0.15) is 0 Å². The molecular formula is C14H6F20O2. The number of carbonyl (C=O) groups excluding carboxylic acids is 1. The van der Waals surface area contributed by atoms with Crippen molar-refractivity contribution in [3.05, 3.63) is 12.7 Å². The number of hydrogen-bond donors (Lipinski definition) is 0. The minimum absolute atomic E-state index is 0.542. The van der Waals surface area contributed by atoms with Gasteiger partial charge in [-0.1, -0.05) is 6.58 Å². The van der Waals surface area contributed by atoms with E-state index < -0.39 is 78.4 Å². The molecule has 1 unspecified atom stereocenters. The first kappa shape index (κ1) is 33.8. The van der Waals surface area contributed by atoms with Crippen LogP contribution in [0, 0.1) is 0 Å². The summed E-state index contributed by atoms with van der Waals surface area (Å²) in [6, 6.07) is 0. The Hall–Kier alpha value is -2.19. The smallest absolute Gasteiger partial charge is 0.393 e. The van der Waals surface area contributed by atoms with Crippen LogP contribution in [0.5, 0.6) is 0 Å². The molecule has 0 radical (unpaired) electrons. The Morgan fingerprint density at radius 3 is 1.22 bits per heavy atom. The number of ether oxygens (including phenoxy) is 1. The highest BCUT2D eigenvalue weighted by Crippen LogP contribution is 2.64. The summed E-state index contributed by atoms with van der Waals surface area (Å²) in [4.78, 5) is 10.5. The van der Waals surface area contributed by atoms with Gasteiger partial charge in [-0.15, -0.1) is 0 Å². The van der Waals surface area contributed by atoms with Crippen LogP contribution in [0.2, 0.25) is 0 Å². The first-order valence-electron chi connectivity index (χ1n) is 7.92. The van der Waals surface area contributed by atoms with Crippen molar-refractivity contribution < 1.29 is 97.3 Å². The molecule has 0 aliphatic carbocycles. The van der Waals surface area contributed by atoms with E-state index in [1.807, 2.05) is 0 Å². The Bertz CT molecular complexity index is 825. The molecule has 0 aromatic heterocycles. The maximum Gasteiger partial charge on any atom is 0.473 e. The van der Waals surface area contributed by atoms with Crippen molar-refractivity contribution in [1.29, 1.82) is 0 Å². The quantitative estimate of drug-likeness (QED) is 0.148. The second kappa shape index (κ2) is 8.98. The van der Waals surface area contributed by atoms with Crippen LogP contribution in [-0.4, -0.2) is 65.9 Å². The van der Waals surface area contributed by atoms with Crippen LogP contribution in [0.3, 0.4) is 0 Å². The van der Waals surface area contributed by atoms with Crippen LogP contribution < -0.4 is 0 Å². The molecule has 0 aliphatic heterocycles. The van der Waals surface area contributed by atoms with E-state index in [0.29, 0.717) is 0 Å². The van der Waals surface area contributed by atoms with Gasteiger partial charge in [-0.25, -0.2) is 9.18 Å². The van der Waals surface area contributed by atoms with Crippen LogP contribution in [-0.2, 0) is 9.53 Å². The van der Waals surface area contributed by atoms with Crippen molar-refractivity contribution in [2.45, 2.75) is 66.3 Å². The van der Waals surface area contributed by atoms with Crippen LogP contribution >= 0.6 is 0 Å². The third-order valence-electron chi connectivity index (χ3n) is 3.96. The fourth-order valence-corrected chi connectivity index (χ4v) is 1.94. The first-order chi connectivity index (χ1) is 15.3. The van der Waals surface area contributed by atoms with Gasteiger partial charge in [0, 0.05) is 6.08 Å². The second-order valence-electron chi connectivity index (χ2n) is 6.50. The second-order valence-corrected chi connectivity index (χ2v) is 6.50. The number of hydrogen-bond acceptors (Lipinski definition) is 2. The van der Waals surface area contributed by atoms with E-state index >= 15 is 0 Å². The summed E-state index contributed by atoms with van der Waals surface area (Å²) in [6.07, 6.45) is -23.6. The zero-order chi connectivity index (χ0) is 29.8. The number of esters is 1. The fraction of sp³-hybridized carbons (Fsp3) is 0.786. The van der Waals surface area contributed by atoms with Gasteiger partial charge in [0.25, 0.3) is 0 Å². The van der Waals surface area contributed by atoms with Gasteiger partial charge in [0.05, 0.1) is 6.42 Å². The Balaban J connectivity index is 6.83. The maximum absolute atomic E-state index is 13.5. The molecule has 22 heteroatoms. The molecule has 0 saturated heterocycles.